The van der Waals surface area contributed by atoms with E-state index >= 15 is 0 Å². The third-order valence-electron chi connectivity index (χ3n) is 5.75. The van der Waals surface area contributed by atoms with E-state index in [0.29, 0.717) is 23.6 Å². The largest absolute Gasteiger partial charge is 0.381 e. The number of fused-ring (bicyclic) bond motifs is 1. The van der Waals surface area contributed by atoms with Gasteiger partial charge in [-0.25, -0.2) is 0 Å². The molecule has 2 aliphatic carbocycles. The Kier molecular flexibility index (Phi) is 2.89. The second-order valence-corrected chi connectivity index (χ2v) is 7.01. The summed E-state index contributed by atoms with van der Waals surface area (Å²) in [5, 5.41) is 7.18. The molecule has 1 N–H and O–H groups in total. The summed E-state index contributed by atoms with van der Waals surface area (Å²) in [4.78, 5) is 12.4. The van der Waals surface area contributed by atoms with E-state index < -0.39 is 0 Å². The van der Waals surface area contributed by atoms with Gasteiger partial charge in [0.1, 0.15) is 0 Å². The van der Waals surface area contributed by atoms with Crippen LogP contribution in [0.1, 0.15) is 49.8 Å². The van der Waals surface area contributed by atoms with Crippen LogP contribution in [0.2, 0.25) is 0 Å². The molecule has 0 radical (unpaired) electrons. The zero-order valence-electron chi connectivity index (χ0n) is 12.6. The molecular weight excluding hydrogens is 268 g/mol. The van der Waals surface area contributed by atoms with E-state index in [2.05, 4.69) is 17.4 Å². The minimum atomic E-state index is -0.0858. The molecule has 3 aliphatic rings. The first kappa shape index (κ1) is 13.3. The maximum Gasteiger partial charge on any atom is 0.234 e. The van der Waals surface area contributed by atoms with Crippen LogP contribution in [0, 0.1) is 24.2 Å². The second-order valence-electron chi connectivity index (χ2n) is 7.01. The van der Waals surface area contributed by atoms with E-state index in [0.717, 1.165) is 50.2 Å². The summed E-state index contributed by atoms with van der Waals surface area (Å²) < 4.78 is 10.8. The Morgan fingerprint density at radius 1 is 1.33 bits per heavy atom. The number of aromatic nitrogens is 1. The molecule has 0 spiro atoms. The average Bonchev–Trinajstić information content (AvgIpc) is 2.99. The molecule has 3 fully saturated rings. The lowest BCUT2D eigenvalue weighted by molar-refractivity contribution is -0.125. The lowest BCUT2D eigenvalue weighted by Crippen LogP contribution is -2.35. The standard InChI is InChI=1S/C16H22N2O3/c1-9-7-16(8-12(9)16)15(19)17-14-10(2)13(18-21-14)11-3-5-20-6-4-11/h9,11-12H,3-8H2,1-2H3,(H,17,19)/t9-,12-,16+/m1/s1. The van der Waals surface area contributed by atoms with Crippen LogP contribution < -0.4 is 5.32 Å². The van der Waals surface area contributed by atoms with Gasteiger partial charge in [0, 0.05) is 24.7 Å². The molecule has 5 heteroatoms. The van der Waals surface area contributed by atoms with Crippen LogP contribution in [0.25, 0.3) is 0 Å². The molecule has 4 rings (SSSR count). The molecule has 1 saturated heterocycles. The van der Waals surface area contributed by atoms with Crippen molar-refractivity contribution >= 4 is 11.8 Å². The summed E-state index contributed by atoms with van der Waals surface area (Å²) in [6.45, 7) is 5.77. The summed E-state index contributed by atoms with van der Waals surface area (Å²) in [7, 11) is 0. The lowest BCUT2D eigenvalue weighted by atomic mass is 9.75. The zero-order valence-corrected chi connectivity index (χ0v) is 12.6. The second kappa shape index (κ2) is 4.57. The Bertz CT molecular complexity index is 576. The first-order valence-corrected chi connectivity index (χ1v) is 7.97. The van der Waals surface area contributed by atoms with Gasteiger partial charge in [0.25, 0.3) is 0 Å². The van der Waals surface area contributed by atoms with Crippen molar-refractivity contribution in [1.82, 2.24) is 5.16 Å². The van der Waals surface area contributed by atoms with Gasteiger partial charge >= 0.3 is 0 Å². The molecule has 3 atom stereocenters. The third-order valence-corrected chi connectivity index (χ3v) is 5.75. The van der Waals surface area contributed by atoms with Crippen molar-refractivity contribution in [1.29, 1.82) is 0 Å². The fourth-order valence-corrected chi connectivity index (χ4v) is 4.27. The van der Waals surface area contributed by atoms with Gasteiger partial charge in [-0.05, 0) is 44.4 Å². The smallest absolute Gasteiger partial charge is 0.234 e. The highest BCUT2D eigenvalue weighted by atomic mass is 16.5. The Morgan fingerprint density at radius 2 is 2.10 bits per heavy atom. The van der Waals surface area contributed by atoms with Gasteiger partial charge in [-0.1, -0.05) is 12.1 Å². The summed E-state index contributed by atoms with van der Waals surface area (Å²) >= 11 is 0. The predicted octanol–water partition coefficient (Wildman–Crippen LogP) is 2.86. The van der Waals surface area contributed by atoms with Crippen LogP contribution in [0.3, 0.4) is 0 Å². The van der Waals surface area contributed by atoms with Crippen LogP contribution >= 0.6 is 0 Å². The third kappa shape index (κ3) is 1.94. The van der Waals surface area contributed by atoms with Gasteiger partial charge in [-0.15, -0.1) is 0 Å². The van der Waals surface area contributed by atoms with E-state index in [1.54, 1.807) is 0 Å². The number of carbonyl (C=O) groups is 1. The summed E-state index contributed by atoms with van der Waals surface area (Å²) in [5.41, 5.74) is 1.88. The maximum absolute atomic E-state index is 12.4. The van der Waals surface area contributed by atoms with E-state index in [1.165, 1.54) is 0 Å². The summed E-state index contributed by atoms with van der Waals surface area (Å²) in [5.74, 6) is 2.35. The van der Waals surface area contributed by atoms with E-state index in [-0.39, 0.29) is 11.3 Å². The zero-order chi connectivity index (χ0) is 14.6. The molecule has 1 aliphatic heterocycles. The molecule has 5 nitrogen and oxygen atoms in total. The number of ether oxygens (including phenoxy) is 1. The molecule has 1 aromatic rings. The Labute approximate surface area is 124 Å². The Morgan fingerprint density at radius 3 is 2.71 bits per heavy atom. The molecule has 0 aromatic carbocycles. The number of nitrogens with zero attached hydrogens (tertiary/aromatic N) is 1. The maximum atomic E-state index is 12.4. The Hall–Kier alpha value is -1.36. The van der Waals surface area contributed by atoms with Crippen molar-refractivity contribution in [2.45, 2.75) is 45.4 Å². The quantitative estimate of drug-likeness (QED) is 0.929. The first-order valence-electron chi connectivity index (χ1n) is 7.97. The average molecular weight is 290 g/mol. The number of amides is 1. The van der Waals surface area contributed by atoms with Gasteiger partial charge in [0.15, 0.2) is 0 Å². The number of carbonyl (C=O) groups excluding carboxylic acids is 1. The van der Waals surface area contributed by atoms with Crippen molar-refractivity contribution < 1.29 is 14.1 Å². The van der Waals surface area contributed by atoms with E-state index in [4.69, 9.17) is 9.26 Å². The number of hydrogen-bond acceptors (Lipinski definition) is 4. The van der Waals surface area contributed by atoms with E-state index in [1.807, 2.05) is 6.92 Å². The van der Waals surface area contributed by atoms with Crippen LogP contribution in [0.4, 0.5) is 5.88 Å². The lowest BCUT2D eigenvalue weighted by Gasteiger charge is -2.30. The fraction of sp³-hybridized carbons (Fsp3) is 0.750. The van der Waals surface area contributed by atoms with Gasteiger partial charge in [-0.3, -0.25) is 10.1 Å². The van der Waals surface area contributed by atoms with E-state index in [9.17, 15) is 4.79 Å². The highest BCUT2D eigenvalue weighted by Crippen LogP contribution is 2.70. The summed E-state index contributed by atoms with van der Waals surface area (Å²) in [6.07, 6.45) is 4.01. The minimum Gasteiger partial charge on any atom is -0.381 e. The highest BCUT2D eigenvalue weighted by molar-refractivity contribution is 5.98. The monoisotopic (exact) mass is 290 g/mol. The summed E-state index contributed by atoms with van der Waals surface area (Å²) in [6, 6.07) is 0. The number of nitrogens with one attached hydrogen (secondary N) is 1. The normalized spacial score (nSPS) is 35.0. The van der Waals surface area contributed by atoms with Crippen molar-refractivity contribution in [2.24, 2.45) is 17.3 Å². The minimum absolute atomic E-state index is 0.0858. The van der Waals surface area contributed by atoms with Gasteiger partial charge < -0.3 is 9.26 Å². The van der Waals surface area contributed by atoms with Crippen molar-refractivity contribution in [3.63, 3.8) is 0 Å². The molecule has 114 valence electrons. The van der Waals surface area contributed by atoms with Gasteiger partial charge in [0.05, 0.1) is 11.1 Å². The number of anilines is 1. The number of hydrogen-bond donors (Lipinski definition) is 1. The fourth-order valence-electron chi connectivity index (χ4n) is 4.27. The highest BCUT2D eigenvalue weighted by Gasteiger charge is 2.69. The van der Waals surface area contributed by atoms with Crippen LogP contribution in [-0.2, 0) is 9.53 Å². The molecule has 1 aromatic heterocycles. The van der Waals surface area contributed by atoms with Crippen LogP contribution in [-0.4, -0.2) is 24.3 Å². The predicted molar refractivity (Wildman–Crippen MR) is 77.0 cm³/mol. The topological polar surface area (TPSA) is 64.4 Å². The molecule has 0 bridgehead atoms. The van der Waals surface area contributed by atoms with Crippen molar-refractivity contribution in [3.8, 4) is 0 Å². The Balaban J connectivity index is 1.46. The molecular formula is C16H22N2O3. The number of rotatable bonds is 3. The van der Waals surface area contributed by atoms with Crippen LogP contribution in [0.5, 0.6) is 0 Å². The molecule has 0 unspecified atom stereocenters. The van der Waals surface area contributed by atoms with Gasteiger partial charge in [0.2, 0.25) is 11.8 Å². The molecule has 21 heavy (non-hydrogen) atoms. The SMILES string of the molecule is Cc1c(C2CCOCC2)noc1NC(=O)[C@]12C[C@@H](C)[C@H]1C2. The molecule has 2 saturated carbocycles. The first-order chi connectivity index (χ1) is 10.1. The molecule has 2 heterocycles. The van der Waals surface area contributed by atoms with Gasteiger partial charge in [-0.2, -0.15) is 0 Å². The van der Waals surface area contributed by atoms with Crippen molar-refractivity contribution in [2.75, 3.05) is 18.5 Å². The molecule has 1 amide bonds. The van der Waals surface area contributed by atoms with Crippen LogP contribution in [0.15, 0.2) is 4.52 Å². The van der Waals surface area contributed by atoms with Crippen molar-refractivity contribution in [3.05, 3.63) is 11.3 Å².